The predicted octanol–water partition coefficient (Wildman–Crippen LogP) is 3.82. The molecular formula is C21H17BrN2O4. The summed E-state index contributed by atoms with van der Waals surface area (Å²) in [7, 11) is 0. The number of hydrogen-bond acceptors (Lipinski definition) is 5. The number of benzene rings is 2. The van der Waals surface area contributed by atoms with Crippen LogP contribution < -0.4 is 4.73 Å². The van der Waals surface area contributed by atoms with Gasteiger partial charge in [0.2, 0.25) is 5.52 Å². The van der Waals surface area contributed by atoms with Gasteiger partial charge in [-0.05, 0) is 32.0 Å². The van der Waals surface area contributed by atoms with Gasteiger partial charge in [-0.3, -0.25) is 4.79 Å². The van der Waals surface area contributed by atoms with Crippen molar-refractivity contribution in [2.45, 2.75) is 30.7 Å². The summed E-state index contributed by atoms with van der Waals surface area (Å²) in [4.78, 5) is 30.1. The van der Waals surface area contributed by atoms with Crippen LogP contribution in [0.15, 0.2) is 48.5 Å². The van der Waals surface area contributed by atoms with E-state index in [9.17, 15) is 14.8 Å². The van der Waals surface area contributed by atoms with E-state index in [1.54, 1.807) is 62.4 Å². The Morgan fingerprint density at radius 1 is 1.11 bits per heavy atom. The first-order valence-corrected chi connectivity index (χ1v) is 9.73. The van der Waals surface area contributed by atoms with Gasteiger partial charge in [-0.15, -0.1) is 0 Å². The Hall–Kier alpha value is -2.80. The molecule has 6 nitrogen and oxygen atoms in total. The lowest BCUT2D eigenvalue weighted by Gasteiger charge is -2.31. The maximum atomic E-state index is 13.2. The van der Waals surface area contributed by atoms with Gasteiger partial charge < -0.3 is 9.94 Å². The summed E-state index contributed by atoms with van der Waals surface area (Å²) in [5, 5.41) is 13.2. The van der Waals surface area contributed by atoms with Crippen LogP contribution in [0.2, 0.25) is 0 Å². The van der Waals surface area contributed by atoms with Gasteiger partial charge in [0.25, 0.3) is 5.69 Å². The Bertz CT molecular complexity index is 1130. The van der Waals surface area contributed by atoms with E-state index in [0.29, 0.717) is 21.3 Å². The molecule has 1 aromatic heterocycles. The first-order chi connectivity index (χ1) is 13.3. The number of alkyl halides is 1. The minimum atomic E-state index is -0.929. The molecule has 4 rings (SSSR count). The number of hydrogen-bond donors (Lipinski definition) is 0. The van der Waals surface area contributed by atoms with Crippen molar-refractivity contribution in [3.8, 4) is 11.3 Å². The summed E-state index contributed by atoms with van der Waals surface area (Å²) in [6.07, 6.45) is 0.0286. The second kappa shape index (κ2) is 6.67. The van der Waals surface area contributed by atoms with Crippen molar-refractivity contribution in [1.82, 2.24) is 4.98 Å². The fraction of sp³-hybridized carbons (Fsp3) is 0.238. The molecule has 2 heterocycles. The second-order valence-corrected chi connectivity index (χ2v) is 8.33. The number of fused-ring (bicyclic) bond motifs is 4. The minimum Gasteiger partial charge on any atom is -0.618 e. The van der Waals surface area contributed by atoms with Gasteiger partial charge in [0.05, 0.1) is 16.0 Å². The van der Waals surface area contributed by atoms with E-state index in [1.165, 1.54) is 0 Å². The summed E-state index contributed by atoms with van der Waals surface area (Å²) >= 11 is 3.47. The molecule has 0 unspecified atom stereocenters. The maximum absolute atomic E-state index is 13.2. The lowest BCUT2D eigenvalue weighted by molar-refractivity contribution is -0.565. The van der Waals surface area contributed by atoms with Crippen molar-refractivity contribution in [2.24, 2.45) is 0 Å². The summed E-state index contributed by atoms with van der Waals surface area (Å²) in [5.41, 5.74) is 0.478. The number of aromatic nitrogens is 2. The Balaban J connectivity index is 2.10. The fourth-order valence-corrected chi connectivity index (χ4v) is 3.67. The number of rotatable bonds is 0. The molecular weight excluding hydrogens is 424 g/mol. The van der Waals surface area contributed by atoms with Crippen molar-refractivity contribution in [2.75, 3.05) is 0 Å². The quantitative estimate of drug-likeness (QED) is 0.229. The van der Waals surface area contributed by atoms with Gasteiger partial charge >= 0.3 is 5.97 Å². The van der Waals surface area contributed by atoms with E-state index in [1.807, 2.05) is 0 Å². The van der Waals surface area contributed by atoms with E-state index >= 15 is 0 Å². The van der Waals surface area contributed by atoms with Crippen LogP contribution in [0.3, 0.4) is 0 Å². The molecule has 28 heavy (non-hydrogen) atoms. The smallest absolute Gasteiger partial charge is 0.339 e. The third kappa shape index (κ3) is 2.96. The number of carbonyl (C=O) groups is 2. The van der Waals surface area contributed by atoms with Crippen LogP contribution in [0.5, 0.6) is 0 Å². The number of para-hydroxylation sites is 2. The standard InChI is InChI=1S/C21H17BrN2O4/c1-21(2)17(22)11-16(25)18-19(12-7-3-4-8-13(12)20(26)28-21)24(27)15-10-6-5-9-14(15)23-18/h3-10,17H,11H2,1-2H3/t17-/m1/s1. The highest BCUT2D eigenvalue weighted by Gasteiger charge is 2.39. The normalized spacial score (nSPS) is 18.9. The van der Waals surface area contributed by atoms with E-state index in [0.717, 1.165) is 0 Å². The highest BCUT2D eigenvalue weighted by Crippen LogP contribution is 2.33. The Labute approximate surface area is 169 Å². The van der Waals surface area contributed by atoms with Gasteiger partial charge in [0.15, 0.2) is 11.5 Å². The van der Waals surface area contributed by atoms with E-state index in [-0.39, 0.29) is 29.2 Å². The van der Waals surface area contributed by atoms with Gasteiger partial charge in [-0.1, -0.05) is 40.2 Å². The molecule has 142 valence electrons. The predicted molar refractivity (Wildman–Crippen MR) is 107 cm³/mol. The van der Waals surface area contributed by atoms with Crippen LogP contribution >= 0.6 is 15.9 Å². The largest absolute Gasteiger partial charge is 0.618 e. The zero-order chi connectivity index (χ0) is 20.1. The molecule has 0 bridgehead atoms. The van der Waals surface area contributed by atoms with Crippen molar-refractivity contribution >= 4 is 38.7 Å². The van der Waals surface area contributed by atoms with Crippen LogP contribution in [0.4, 0.5) is 0 Å². The zero-order valence-electron chi connectivity index (χ0n) is 15.3. The van der Waals surface area contributed by atoms with E-state index in [2.05, 4.69) is 20.9 Å². The fourth-order valence-electron chi connectivity index (χ4n) is 3.28. The lowest BCUT2D eigenvalue weighted by atomic mass is 9.94. The Morgan fingerprint density at radius 2 is 1.75 bits per heavy atom. The molecule has 3 aromatic rings. The van der Waals surface area contributed by atoms with E-state index < -0.39 is 16.4 Å². The van der Waals surface area contributed by atoms with Gasteiger partial charge in [-0.25, -0.2) is 9.78 Å². The highest BCUT2D eigenvalue weighted by atomic mass is 79.9. The summed E-state index contributed by atoms with van der Waals surface area (Å²) in [5.74, 6) is -0.855. The molecule has 0 aliphatic carbocycles. The molecule has 0 spiro atoms. The van der Waals surface area contributed by atoms with Crippen LogP contribution in [0, 0.1) is 5.21 Å². The number of nitrogens with zero attached hydrogens (tertiary/aromatic N) is 2. The average molecular weight is 441 g/mol. The summed E-state index contributed by atoms with van der Waals surface area (Å²) < 4.78 is 6.35. The van der Waals surface area contributed by atoms with Gasteiger partial charge in [0, 0.05) is 12.5 Å². The minimum absolute atomic E-state index is 0.0286. The molecule has 0 radical (unpaired) electrons. The molecule has 7 heteroatoms. The number of carbonyl (C=O) groups excluding carboxylic acids is 2. The average Bonchev–Trinajstić information content (AvgIpc) is 2.67. The third-order valence-corrected chi connectivity index (χ3v) is 6.33. The molecule has 1 aliphatic heterocycles. The zero-order valence-corrected chi connectivity index (χ0v) is 16.9. The number of halogens is 1. The topological polar surface area (TPSA) is 83.2 Å². The van der Waals surface area contributed by atoms with Crippen LogP contribution in [-0.2, 0) is 4.74 Å². The monoisotopic (exact) mass is 440 g/mol. The van der Waals surface area contributed by atoms with Crippen LogP contribution in [0.25, 0.3) is 22.3 Å². The van der Waals surface area contributed by atoms with Crippen molar-refractivity contribution < 1.29 is 19.1 Å². The highest BCUT2D eigenvalue weighted by molar-refractivity contribution is 9.09. The molecule has 0 amide bonds. The Kier molecular flexibility index (Phi) is 4.42. The van der Waals surface area contributed by atoms with E-state index in [4.69, 9.17) is 4.74 Å². The first kappa shape index (κ1) is 18.6. The van der Waals surface area contributed by atoms with Gasteiger partial charge in [-0.2, -0.15) is 4.73 Å². The third-order valence-electron chi connectivity index (χ3n) is 4.90. The van der Waals surface area contributed by atoms with Crippen molar-refractivity contribution in [1.29, 1.82) is 0 Å². The SMILES string of the molecule is CC1(C)OC(=O)c2ccccc2-c2c(nc3ccccc3[n+]2[O-])C(=O)C[C@H]1Br. The molecule has 0 N–H and O–H groups in total. The number of ether oxygens (including phenoxy) is 1. The molecule has 1 atom stereocenters. The Morgan fingerprint density at radius 3 is 2.50 bits per heavy atom. The molecule has 2 aromatic carbocycles. The van der Waals surface area contributed by atoms with Crippen LogP contribution in [0.1, 0.15) is 41.1 Å². The lowest BCUT2D eigenvalue weighted by Crippen LogP contribution is -2.41. The van der Waals surface area contributed by atoms with Crippen LogP contribution in [-0.4, -0.2) is 27.2 Å². The second-order valence-electron chi connectivity index (χ2n) is 7.23. The molecule has 0 fully saturated rings. The maximum Gasteiger partial charge on any atom is 0.339 e. The summed E-state index contributed by atoms with van der Waals surface area (Å²) in [6.45, 7) is 3.48. The number of cyclic esters (lactones) is 1. The van der Waals surface area contributed by atoms with Crippen molar-refractivity contribution in [3.05, 3.63) is 65.0 Å². The first-order valence-electron chi connectivity index (χ1n) is 8.82. The number of esters is 1. The molecule has 0 saturated carbocycles. The van der Waals surface area contributed by atoms with Gasteiger partial charge in [0.1, 0.15) is 11.1 Å². The number of ketones is 1. The number of Topliss-reactive ketones (excluding diaryl/α,β-unsaturated/α-hetero) is 1. The molecule has 0 saturated heterocycles. The molecule has 1 aliphatic rings. The summed E-state index contributed by atoms with van der Waals surface area (Å²) in [6, 6.07) is 13.4. The van der Waals surface area contributed by atoms with Crippen molar-refractivity contribution in [3.63, 3.8) is 0 Å².